The number of nitrogens with zero attached hydrogens (tertiary/aromatic N) is 3. The molecular weight excluding hydrogens is 268 g/mol. The van der Waals surface area contributed by atoms with Crippen molar-refractivity contribution in [3.63, 3.8) is 0 Å². The molecule has 0 fully saturated rings. The third-order valence-electron chi connectivity index (χ3n) is 2.68. The Balaban J connectivity index is 2.58. The summed E-state index contributed by atoms with van der Waals surface area (Å²) in [7, 11) is 1.50. The zero-order valence-electron chi connectivity index (χ0n) is 10.8. The van der Waals surface area contributed by atoms with Crippen LogP contribution in [0.3, 0.4) is 0 Å². The summed E-state index contributed by atoms with van der Waals surface area (Å²) in [5.41, 5.74) is 1.07. The molecule has 2 aromatic rings. The van der Waals surface area contributed by atoms with Gasteiger partial charge in [0.1, 0.15) is 17.9 Å². The van der Waals surface area contributed by atoms with Gasteiger partial charge in [0.15, 0.2) is 10.4 Å². The van der Waals surface area contributed by atoms with Crippen LogP contribution in [-0.2, 0) is 9.53 Å². The van der Waals surface area contributed by atoms with Gasteiger partial charge in [-0.2, -0.15) is 4.98 Å². The summed E-state index contributed by atoms with van der Waals surface area (Å²) < 4.78 is 12.1. The zero-order chi connectivity index (χ0) is 14.0. The van der Waals surface area contributed by atoms with E-state index < -0.39 is 6.04 Å². The molecule has 19 heavy (non-hydrogen) atoms. The standard InChI is InChI=1S/C11H14N4O3S/c1-4-18-10(16)6(2)15-8-7(14-11(15)19)9(17-3)13-5-12-8/h5-6H,4H2,1-3H3,(H,14,19). The Bertz CT molecular complexity index is 663. The first-order valence-corrected chi connectivity index (χ1v) is 6.16. The molecule has 0 aliphatic carbocycles. The van der Waals surface area contributed by atoms with Crippen LogP contribution in [0.2, 0.25) is 0 Å². The fourth-order valence-corrected chi connectivity index (χ4v) is 2.15. The minimum Gasteiger partial charge on any atom is -0.479 e. The maximum atomic E-state index is 11.8. The predicted molar refractivity (Wildman–Crippen MR) is 70.6 cm³/mol. The van der Waals surface area contributed by atoms with Gasteiger partial charge < -0.3 is 14.5 Å². The number of hydrogen-bond acceptors (Lipinski definition) is 6. The highest BCUT2D eigenvalue weighted by molar-refractivity contribution is 7.71. The number of carbonyl (C=O) groups is 1. The van der Waals surface area contributed by atoms with Gasteiger partial charge in [-0.1, -0.05) is 0 Å². The Hall–Kier alpha value is -1.96. The second-order valence-corrected chi connectivity index (χ2v) is 4.20. The van der Waals surface area contributed by atoms with E-state index in [2.05, 4.69) is 15.0 Å². The van der Waals surface area contributed by atoms with Crippen LogP contribution in [-0.4, -0.2) is 39.2 Å². The number of H-pyrrole nitrogens is 1. The molecule has 0 saturated heterocycles. The number of nitrogens with one attached hydrogen (secondary N) is 1. The van der Waals surface area contributed by atoms with Crippen molar-refractivity contribution in [2.45, 2.75) is 19.9 Å². The third-order valence-corrected chi connectivity index (χ3v) is 2.98. The SMILES string of the molecule is CCOC(=O)C(C)n1c(=S)[nH]c2c(OC)ncnc21. The van der Waals surface area contributed by atoms with E-state index in [1.54, 1.807) is 18.4 Å². The molecule has 1 N–H and O–H groups in total. The zero-order valence-corrected chi connectivity index (χ0v) is 11.7. The molecule has 1 atom stereocenters. The molecule has 0 radical (unpaired) electrons. The van der Waals surface area contributed by atoms with Gasteiger partial charge in [0, 0.05) is 0 Å². The summed E-state index contributed by atoms with van der Waals surface area (Å²) in [6.07, 6.45) is 1.36. The Labute approximate surface area is 114 Å². The molecule has 8 heteroatoms. The van der Waals surface area contributed by atoms with Crippen LogP contribution in [0.15, 0.2) is 6.33 Å². The molecule has 2 aromatic heterocycles. The minimum absolute atomic E-state index is 0.317. The molecule has 0 bridgehead atoms. The summed E-state index contributed by atoms with van der Waals surface area (Å²) in [6.45, 7) is 3.77. The van der Waals surface area contributed by atoms with E-state index >= 15 is 0 Å². The molecule has 0 amide bonds. The summed E-state index contributed by atoms with van der Waals surface area (Å²) in [4.78, 5) is 22.9. The van der Waals surface area contributed by atoms with Gasteiger partial charge in [0.05, 0.1) is 13.7 Å². The van der Waals surface area contributed by atoms with E-state index in [0.717, 1.165) is 0 Å². The van der Waals surface area contributed by atoms with Crippen molar-refractivity contribution < 1.29 is 14.3 Å². The molecule has 0 saturated carbocycles. The number of fused-ring (bicyclic) bond motifs is 1. The van der Waals surface area contributed by atoms with Gasteiger partial charge in [0.2, 0.25) is 5.88 Å². The largest absolute Gasteiger partial charge is 0.479 e. The van der Waals surface area contributed by atoms with Gasteiger partial charge >= 0.3 is 5.97 Å². The van der Waals surface area contributed by atoms with Crippen molar-refractivity contribution >= 4 is 29.4 Å². The highest BCUT2D eigenvalue weighted by Gasteiger charge is 2.21. The lowest BCUT2D eigenvalue weighted by Crippen LogP contribution is -2.19. The summed E-state index contributed by atoms with van der Waals surface area (Å²) >= 11 is 5.22. The Morgan fingerprint density at radius 3 is 2.95 bits per heavy atom. The number of rotatable bonds is 4. The van der Waals surface area contributed by atoms with E-state index in [4.69, 9.17) is 21.7 Å². The second kappa shape index (κ2) is 5.35. The maximum absolute atomic E-state index is 11.8. The molecule has 2 rings (SSSR count). The van der Waals surface area contributed by atoms with Crippen molar-refractivity contribution in [2.24, 2.45) is 0 Å². The lowest BCUT2D eigenvalue weighted by atomic mass is 10.3. The smallest absolute Gasteiger partial charge is 0.328 e. The second-order valence-electron chi connectivity index (χ2n) is 3.81. The fraction of sp³-hybridized carbons (Fsp3) is 0.455. The number of hydrogen-bond donors (Lipinski definition) is 1. The molecule has 1 unspecified atom stereocenters. The van der Waals surface area contributed by atoms with Crippen molar-refractivity contribution in [3.05, 3.63) is 11.1 Å². The topological polar surface area (TPSA) is 82.0 Å². The molecular formula is C11H14N4O3S. The lowest BCUT2D eigenvalue weighted by Gasteiger charge is -2.12. The van der Waals surface area contributed by atoms with Crippen LogP contribution in [0.1, 0.15) is 19.9 Å². The summed E-state index contributed by atoms with van der Waals surface area (Å²) in [5.74, 6) is 0.0167. The number of methoxy groups -OCH3 is 1. The average Bonchev–Trinajstić information content (AvgIpc) is 2.73. The van der Waals surface area contributed by atoms with Gasteiger partial charge in [-0.15, -0.1) is 0 Å². The average molecular weight is 282 g/mol. The first-order chi connectivity index (χ1) is 9.10. The van der Waals surface area contributed by atoms with Crippen LogP contribution in [0.5, 0.6) is 5.88 Å². The van der Waals surface area contributed by atoms with Gasteiger partial charge in [0.25, 0.3) is 0 Å². The van der Waals surface area contributed by atoms with Crippen LogP contribution in [0.25, 0.3) is 11.2 Å². The lowest BCUT2D eigenvalue weighted by molar-refractivity contribution is -0.146. The highest BCUT2D eigenvalue weighted by Crippen LogP contribution is 2.23. The van der Waals surface area contributed by atoms with E-state index in [1.165, 1.54) is 13.4 Å². The Morgan fingerprint density at radius 1 is 1.58 bits per heavy atom. The minimum atomic E-state index is -0.569. The van der Waals surface area contributed by atoms with Crippen molar-refractivity contribution in [2.75, 3.05) is 13.7 Å². The van der Waals surface area contributed by atoms with Gasteiger partial charge in [-0.3, -0.25) is 4.57 Å². The predicted octanol–water partition coefficient (Wildman–Crippen LogP) is 1.62. The molecule has 2 heterocycles. The van der Waals surface area contributed by atoms with Crippen molar-refractivity contribution in [1.82, 2.24) is 19.5 Å². The summed E-state index contributed by atoms with van der Waals surface area (Å²) in [5, 5.41) is 0. The number of aromatic nitrogens is 4. The number of ether oxygens (including phenoxy) is 2. The number of esters is 1. The molecule has 7 nitrogen and oxygen atoms in total. The number of aromatic amines is 1. The first kappa shape index (κ1) is 13.5. The van der Waals surface area contributed by atoms with E-state index in [-0.39, 0.29) is 5.97 Å². The third kappa shape index (κ3) is 2.30. The van der Waals surface area contributed by atoms with E-state index in [1.807, 2.05) is 0 Å². The van der Waals surface area contributed by atoms with Crippen LogP contribution >= 0.6 is 12.2 Å². The monoisotopic (exact) mass is 282 g/mol. The van der Waals surface area contributed by atoms with Crippen molar-refractivity contribution in [3.8, 4) is 5.88 Å². The Morgan fingerprint density at radius 2 is 2.32 bits per heavy atom. The summed E-state index contributed by atoms with van der Waals surface area (Å²) in [6, 6.07) is -0.569. The van der Waals surface area contributed by atoms with Crippen LogP contribution in [0, 0.1) is 4.77 Å². The first-order valence-electron chi connectivity index (χ1n) is 5.76. The van der Waals surface area contributed by atoms with E-state index in [9.17, 15) is 4.79 Å². The molecule has 0 aromatic carbocycles. The highest BCUT2D eigenvalue weighted by atomic mass is 32.1. The number of imidazole rings is 1. The maximum Gasteiger partial charge on any atom is 0.328 e. The fourth-order valence-electron chi connectivity index (χ4n) is 1.80. The Kier molecular flexibility index (Phi) is 3.79. The quantitative estimate of drug-likeness (QED) is 0.678. The van der Waals surface area contributed by atoms with Gasteiger partial charge in [-0.05, 0) is 26.1 Å². The molecule has 102 valence electrons. The van der Waals surface area contributed by atoms with Crippen LogP contribution < -0.4 is 4.74 Å². The van der Waals surface area contributed by atoms with Crippen LogP contribution in [0.4, 0.5) is 0 Å². The van der Waals surface area contributed by atoms with Crippen molar-refractivity contribution in [1.29, 1.82) is 0 Å². The molecule has 0 aliphatic heterocycles. The normalized spacial score (nSPS) is 12.4. The van der Waals surface area contributed by atoms with E-state index in [0.29, 0.717) is 28.4 Å². The number of carbonyl (C=O) groups excluding carboxylic acids is 1. The van der Waals surface area contributed by atoms with Gasteiger partial charge in [-0.25, -0.2) is 9.78 Å². The molecule has 0 spiro atoms. The molecule has 0 aliphatic rings.